The van der Waals surface area contributed by atoms with Gasteiger partial charge in [-0.3, -0.25) is 4.79 Å². The molecule has 1 amide bonds. The van der Waals surface area contributed by atoms with E-state index >= 15 is 0 Å². The molecule has 1 heterocycles. The number of benzene rings is 2. The van der Waals surface area contributed by atoms with Crippen LogP contribution in [-0.2, 0) is 0 Å². The van der Waals surface area contributed by atoms with Crippen LogP contribution in [0.5, 0.6) is 0 Å². The Morgan fingerprint density at radius 1 is 1.11 bits per heavy atom. The summed E-state index contributed by atoms with van der Waals surface area (Å²) in [6, 6.07) is 14.5. The van der Waals surface area contributed by atoms with Gasteiger partial charge in [0.1, 0.15) is 11.5 Å². The van der Waals surface area contributed by atoms with Crippen LogP contribution in [0, 0.1) is 0 Å². The van der Waals surface area contributed by atoms with Gasteiger partial charge in [-0.15, -0.1) is 0 Å². The minimum atomic E-state index is -1.06. The fourth-order valence-electron chi connectivity index (χ4n) is 2.26. The number of aromatic carboxylic acids is 1. The highest BCUT2D eigenvalue weighted by Crippen LogP contribution is 2.30. The average Bonchev–Trinajstić information content (AvgIpc) is 3.10. The molecule has 0 aliphatic carbocycles. The minimum absolute atomic E-state index is 0.0994. The van der Waals surface area contributed by atoms with Crippen molar-refractivity contribution in [2.24, 2.45) is 5.10 Å². The van der Waals surface area contributed by atoms with Crippen LogP contribution in [0.25, 0.3) is 11.3 Å². The Balaban J connectivity index is 1.73. The van der Waals surface area contributed by atoms with E-state index < -0.39 is 5.97 Å². The van der Waals surface area contributed by atoms with E-state index in [4.69, 9.17) is 21.1 Å². The van der Waals surface area contributed by atoms with Crippen LogP contribution in [-0.4, -0.2) is 23.2 Å². The van der Waals surface area contributed by atoms with Gasteiger partial charge in [-0.05, 0) is 48.5 Å². The van der Waals surface area contributed by atoms with Crippen LogP contribution in [0.2, 0.25) is 5.02 Å². The number of carboxylic acid groups (broad SMARTS) is 1. The van der Waals surface area contributed by atoms with E-state index in [1.165, 1.54) is 24.4 Å². The van der Waals surface area contributed by atoms with E-state index in [-0.39, 0.29) is 11.5 Å². The quantitative estimate of drug-likeness (QED) is 0.433. The lowest BCUT2D eigenvalue weighted by Gasteiger charge is -2.02. The molecule has 0 atom stereocenters. The number of hydrazone groups is 1. The zero-order valence-corrected chi connectivity index (χ0v) is 16.0. The number of hydrogen-bond donors (Lipinski definition) is 2. The number of halogens is 2. The van der Waals surface area contributed by atoms with Crippen LogP contribution in [0.4, 0.5) is 0 Å². The Hall–Kier alpha value is -2.90. The number of nitrogens with zero attached hydrogens (tertiary/aromatic N) is 1. The molecular formula is C19H12BrClN2O4. The average molecular weight is 448 g/mol. The van der Waals surface area contributed by atoms with Gasteiger partial charge in [0.25, 0.3) is 5.91 Å². The van der Waals surface area contributed by atoms with Crippen molar-refractivity contribution in [3.8, 4) is 11.3 Å². The molecule has 2 N–H and O–H groups in total. The molecule has 1 aromatic heterocycles. The van der Waals surface area contributed by atoms with Crippen LogP contribution in [0.1, 0.15) is 26.5 Å². The molecule has 0 aliphatic heterocycles. The zero-order chi connectivity index (χ0) is 19.4. The summed E-state index contributed by atoms with van der Waals surface area (Å²) in [5, 5.41) is 13.3. The maximum atomic E-state index is 12.0. The molecular weight excluding hydrogens is 436 g/mol. The molecule has 3 rings (SSSR count). The van der Waals surface area contributed by atoms with Crippen LogP contribution in [0.15, 0.2) is 68.6 Å². The lowest BCUT2D eigenvalue weighted by atomic mass is 10.1. The van der Waals surface area contributed by atoms with E-state index in [1.807, 2.05) is 6.07 Å². The first-order chi connectivity index (χ1) is 12.9. The monoisotopic (exact) mass is 446 g/mol. The molecule has 0 unspecified atom stereocenters. The molecule has 0 fully saturated rings. The van der Waals surface area contributed by atoms with Gasteiger partial charge >= 0.3 is 5.97 Å². The van der Waals surface area contributed by atoms with Gasteiger partial charge in [-0.25, -0.2) is 10.2 Å². The summed E-state index contributed by atoms with van der Waals surface area (Å²) in [6.45, 7) is 0. The summed E-state index contributed by atoms with van der Waals surface area (Å²) >= 11 is 9.42. The lowest BCUT2D eigenvalue weighted by Crippen LogP contribution is -2.17. The summed E-state index contributed by atoms with van der Waals surface area (Å²) < 4.78 is 6.39. The SMILES string of the molecule is O=C(O)c1ccc(Cl)c(-c2ccc(/C=N\NC(=O)c3cccc(Br)c3)o2)c1. The molecule has 8 heteroatoms. The lowest BCUT2D eigenvalue weighted by molar-refractivity contribution is 0.0696. The number of furan rings is 1. The topological polar surface area (TPSA) is 91.9 Å². The maximum Gasteiger partial charge on any atom is 0.335 e. The third-order valence-electron chi connectivity index (χ3n) is 3.55. The first-order valence-electron chi connectivity index (χ1n) is 7.66. The van der Waals surface area contributed by atoms with Crippen molar-refractivity contribution < 1.29 is 19.1 Å². The van der Waals surface area contributed by atoms with Gasteiger partial charge < -0.3 is 9.52 Å². The second-order valence-electron chi connectivity index (χ2n) is 5.41. The fraction of sp³-hybridized carbons (Fsp3) is 0. The first kappa shape index (κ1) is 18.9. The zero-order valence-electron chi connectivity index (χ0n) is 13.6. The molecule has 2 aromatic carbocycles. The van der Waals surface area contributed by atoms with Crippen molar-refractivity contribution >= 4 is 45.6 Å². The minimum Gasteiger partial charge on any atom is -0.478 e. The smallest absolute Gasteiger partial charge is 0.335 e. The van der Waals surface area contributed by atoms with Gasteiger partial charge in [0.15, 0.2) is 0 Å². The Morgan fingerprint density at radius 3 is 2.67 bits per heavy atom. The Bertz CT molecular complexity index is 1050. The van der Waals surface area contributed by atoms with Crippen molar-refractivity contribution in [1.29, 1.82) is 0 Å². The normalized spacial score (nSPS) is 10.9. The molecule has 0 radical (unpaired) electrons. The van der Waals surface area contributed by atoms with Crippen LogP contribution >= 0.6 is 27.5 Å². The Morgan fingerprint density at radius 2 is 1.93 bits per heavy atom. The van der Waals surface area contributed by atoms with Gasteiger partial charge in [0.2, 0.25) is 0 Å². The van der Waals surface area contributed by atoms with Crippen molar-refractivity contribution in [2.45, 2.75) is 0 Å². The molecule has 136 valence electrons. The van der Waals surface area contributed by atoms with Gasteiger partial charge in [0.05, 0.1) is 16.8 Å². The predicted molar refractivity (Wildman–Crippen MR) is 105 cm³/mol. The Kier molecular flexibility index (Phi) is 5.73. The molecule has 27 heavy (non-hydrogen) atoms. The molecule has 6 nitrogen and oxygen atoms in total. The summed E-state index contributed by atoms with van der Waals surface area (Å²) in [4.78, 5) is 23.1. The summed E-state index contributed by atoms with van der Waals surface area (Å²) in [5.74, 6) is -0.660. The molecule has 0 spiro atoms. The molecule has 0 saturated heterocycles. The summed E-state index contributed by atoms with van der Waals surface area (Å²) in [5.41, 5.74) is 3.41. The van der Waals surface area contributed by atoms with E-state index in [1.54, 1.807) is 30.3 Å². The molecule has 0 bridgehead atoms. The van der Waals surface area contributed by atoms with E-state index in [0.717, 1.165) is 4.47 Å². The highest BCUT2D eigenvalue weighted by molar-refractivity contribution is 9.10. The standard InChI is InChI=1S/C19H12BrClN2O4/c20-13-3-1-2-11(8-13)18(24)23-22-10-14-5-7-17(27-14)15-9-12(19(25)26)4-6-16(15)21/h1-10H,(H,23,24)(H,25,26)/b22-10-. The van der Waals surface area contributed by atoms with Gasteiger partial charge in [-0.2, -0.15) is 5.10 Å². The molecule has 0 saturated carbocycles. The van der Waals surface area contributed by atoms with Crippen LogP contribution < -0.4 is 5.43 Å². The third-order valence-corrected chi connectivity index (χ3v) is 4.37. The van der Waals surface area contributed by atoms with Crippen molar-refractivity contribution in [1.82, 2.24) is 5.43 Å². The molecule has 0 aliphatic rings. The van der Waals surface area contributed by atoms with Crippen molar-refractivity contribution in [2.75, 3.05) is 0 Å². The van der Waals surface area contributed by atoms with E-state index in [0.29, 0.717) is 27.7 Å². The van der Waals surface area contributed by atoms with Crippen molar-refractivity contribution in [3.05, 3.63) is 81.0 Å². The number of carboxylic acids is 1. The predicted octanol–water partition coefficient (Wildman–Crippen LogP) is 4.82. The summed E-state index contributed by atoms with van der Waals surface area (Å²) in [7, 11) is 0. The third kappa shape index (κ3) is 4.64. The van der Waals surface area contributed by atoms with E-state index in [9.17, 15) is 9.59 Å². The second kappa shape index (κ2) is 8.20. The van der Waals surface area contributed by atoms with E-state index in [2.05, 4.69) is 26.5 Å². The number of carbonyl (C=O) groups is 2. The highest BCUT2D eigenvalue weighted by atomic mass is 79.9. The number of carbonyl (C=O) groups excluding carboxylic acids is 1. The first-order valence-corrected chi connectivity index (χ1v) is 8.83. The second-order valence-corrected chi connectivity index (χ2v) is 6.73. The van der Waals surface area contributed by atoms with Gasteiger partial charge in [0, 0.05) is 15.6 Å². The molecule has 3 aromatic rings. The van der Waals surface area contributed by atoms with Gasteiger partial charge in [-0.1, -0.05) is 33.6 Å². The fourth-order valence-corrected chi connectivity index (χ4v) is 2.87. The number of hydrogen-bond acceptors (Lipinski definition) is 4. The largest absolute Gasteiger partial charge is 0.478 e. The maximum absolute atomic E-state index is 12.0. The highest BCUT2D eigenvalue weighted by Gasteiger charge is 2.12. The number of amides is 1. The Labute approximate surface area is 167 Å². The van der Waals surface area contributed by atoms with Crippen molar-refractivity contribution in [3.63, 3.8) is 0 Å². The van der Waals surface area contributed by atoms with Crippen LogP contribution in [0.3, 0.4) is 0 Å². The number of nitrogens with one attached hydrogen (secondary N) is 1. The summed E-state index contributed by atoms with van der Waals surface area (Å²) in [6.07, 6.45) is 1.34. The number of rotatable bonds is 5.